The number of methoxy groups -OCH3 is 1. The fourth-order valence-corrected chi connectivity index (χ4v) is 4.02. The van der Waals surface area contributed by atoms with Crippen molar-refractivity contribution in [3.05, 3.63) is 60.2 Å². The molecule has 2 aromatic rings. The number of benzene rings is 2. The molecule has 1 N–H and O–H groups in total. The summed E-state index contributed by atoms with van der Waals surface area (Å²) < 4.78 is 31.2. The highest BCUT2D eigenvalue weighted by molar-refractivity contribution is 7.92. The normalized spacial score (nSPS) is 12.2. The third kappa shape index (κ3) is 7.78. The van der Waals surface area contributed by atoms with E-state index in [1.54, 1.807) is 56.5 Å². The molecule has 0 aliphatic heterocycles. The molecule has 2 aromatic carbocycles. The van der Waals surface area contributed by atoms with E-state index in [-0.39, 0.29) is 18.4 Å². The first-order valence-electron chi connectivity index (χ1n) is 10.8. The molecule has 0 bridgehead atoms. The van der Waals surface area contributed by atoms with Crippen molar-refractivity contribution in [1.82, 2.24) is 10.2 Å². The number of amides is 2. The van der Waals surface area contributed by atoms with Crippen LogP contribution in [0.1, 0.15) is 26.3 Å². The number of nitrogens with zero attached hydrogens (tertiary/aromatic N) is 2. The van der Waals surface area contributed by atoms with Crippen LogP contribution >= 0.6 is 0 Å². The van der Waals surface area contributed by atoms with Gasteiger partial charge in [0.1, 0.15) is 18.3 Å². The first kappa shape index (κ1) is 26.2. The molecule has 9 heteroatoms. The van der Waals surface area contributed by atoms with Gasteiger partial charge in [-0.3, -0.25) is 13.9 Å². The zero-order valence-electron chi connectivity index (χ0n) is 19.8. The van der Waals surface area contributed by atoms with Crippen molar-refractivity contribution >= 4 is 27.5 Å². The number of carbonyl (C=O) groups excluding carboxylic acids is 2. The van der Waals surface area contributed by atoms with Crippen LogP contribution in [0.4, 0.5) is 5.69 Å². The molecule has 2 amide bonds. The maximum atomic E-state index is 13.4. The molecule has 0 aromatic heterocycles. The number of hydrogen-bond acceptors (Lipinski definition) is 5. The predicted molar refractivity (Wildman–Crippen MR) is 129 cm³/mol. The van der Waals surface area contributed by atoms with Crippen molar-refractivity contribution in [3.63, 3.8) is 0 Å². The highest BCUT2D eigenvalue weighted by Gasteiger charge is 2.30. The van der Waals surface area contributed by atoms with E-state index in [9.17, 15) is 18.0 Å². The summed E-state index contributed by atoms with van der Waals surface area (Å²) in [4.78, 5) is 27.6. The van der Waals surface area contributed by atoms with Gasteiger partial charge in [-0.05, 0) is 42.7 Å². The van der Waals surface area contributed by atoms with E-state index in [1.807, 2.05) is 26.0 Å². The zero-order chi connectivity index (χ0) is 24.6. The van der Waals surface area contributed by atoms with Crippen molar-refractivity contribution in [2.75, 3.05) is 30.8 Å². The molecule has 0 aliphatic rings. The van der Waals surface area contributed by atoms with E-state index in [4.69, 9.17) is 4.74 Å². The number of carbonyl (C=O) groups is 2. The Labute approximate surface area is 196 Å². The van der Waals surface area contributed by atoms with Crippen LogP contribution in [-0.2, 0) is 26.2 Å². The minimum Gasteiger partial charge on any atom is -0.497 e. The Bertz CT molecular complexity index is 1020. The average molecular weight is 476 g/mol. The van der Waals surface area contributed by atoms with E-state index < -0.39 is 28.5 Å². The molecule has 33 heavy (non-hydrogen) atoms. The Morgan fingerprint density at radius 1 is 1.00 bits per heavy atom. The van der Waals surface area contributed by atoms with Crippen molar-refractivity contribution in [1.29, 1.82) is 0 Å². The molecule has 0 saturated carbocycles. The van der Waals surface area contributed by atoms with Crippen LogP contribution in [0.15, 0.2) is 54.6 Å². The maximum Gasteiger partial charge on any atom is 0.244 e. The van der Waals surface area contributed by atoms with Gasteiger partial charge in [0.2, 0.25) is 21.8 Å². The van der Waals surface area contributed by atoms with Crippen LogP contribution < -0.4 is 14.4 Å². The number of hydrogen-bond donors (Lipinski definition) is 1. The second kappa shape index (κ2) is 11.7. The lowest BCUT2D eigenvalue weighted by Gasteiger charge is -2.31. The summed E-state index contributed by atoms with van der Waals surface area (Å²) in [5.74, 6) is 0.154. The Kier molecular flexibility index (Phi) is 9.28. The number of ether oxygens (including phenoxy) is 1. The topological polar surface area (TPSA) is 96.0 Å². The average Bonchev–Trinajstić information content (AvgIpc) is 2.79. The number of para-hydroxylation sites is 1. The van der Waals surface area contributed by atoms with Crippen molar-refractivity contribution in [3.8, 4) is 5.75 Å². The second-order valence-electron chi connectivity index (χ2n) is 8.29. The van der Waals surface area contributed by atoms with E-state index in [1.165, 1.54) is 4.90 Å². The van der Waals surface area contributed by atoms with Crippen LogP contribution in [-0.4, -0.2) is 57.6 Å². The summed E-state index contributed by atoms with van der Waals surface area (Å²) in [6.45, 7) is 5.81. The van der Waals surface area contributed by atoms with Gasteiger partial charge >= 0.3 is 0 Å². The standard InChI is InChI=1S/C24H33N3O5S/c1-18(2)15-25-24(29)19(3)26(16-20-11-13-22(32-4)14-12-20)23(28)17-27(33(5,30)31)21-9-7-6-8-10-21/h6-14,18-19H,15-17H2,1-5H3,(H,25,29)/t19-/m1/s1. The SMILES string of the molecule is COc1ccc(CN(C(=O)CN(c2ccccc2)S(C)(=O)=O)[C@H](C)C(=O)NCC(C)C)cc1. The molecule has 0 aliphatic carbocycles. The van der Waals surface area contributed by atoms with Crippen molar-refractivity contribution in [2.45, 2.75) is 33.4 Å². The van der Waals surface area contributed by atoms with Crippen LogP contribution in [0.3, 0.4) is 0 Å². The third-order valence-electron chi connectivity index (χ3n) is 5.09. The van der Waals surface area contributed by atoms with Gasteiger partial charge in [0.25, 0.3) is 0 Å². The number of sulfonamides is 1. The second-order valence-corrected chi connectivity index (χ2v) is 10.2. The zero-order valence-corrected chi connectivity index (χ0v) is 20.6. The molecule has 0 fully saturated rings. The summed E-state index contributed by atoms with van der Waals surface area (Å²) >= 11 is 0. The van der Waals surface area contributed by atoms with E-state index in [0.717, 1.165) is 16.1 Å². The maximum absolute atomic E-state index is 13.4. The van der Waals surface area contributed by atoms with Gasteiger partial charge in [0.05, 0.1) is 19.1 Å². The fraction of sp³-hybridized carbons (Fsp3) is 0.417. The fourth-order valence-electron chi connectivity index (χ4n) is 3.17. The summed E-state index contributed by atoms with van der Waals surface area (Å²) in [5.41, 5.74) is 1.17. The number of anilines is 1. The Balaban J connectivity index is 2.33. The van der Waals surface area contributed by atoms with E-state index >= 15 is 0 Å². The summed E-state index contributed by atoms with van der Waals surface area (Å²) in [6, 6.07) is 14.8. The first-order valence-corrected chi connectivity index (χ1v) is 12.6. The van der Waals surface area contributed by atoms with E-state index in [0.29, 0.717) is 18.0 Å². The number of nitrogens with one attached hydrogen (secondary N) is 1. The Morgan fingerprint density at radius 3 is 2.12 bits per heavy atom. The van der Waals surface area contributed by atoms with Crippen molar-refractivity contribution < 1.29 is 22.7 Å². The molecule has 0 radical (unpaired) electrons. The van der Waals surface area contributed by atoms with Gasteiger partial charge in [-0.25, -0.2) is 8.42 Å². The highest BCUT2D eigenvalue weighted by Crippen LogP contribution is 2.19. The van der Waals surface area contributed by atoms with Gasteiger partial charge in [-0.1, -0.05) is 44.2 Å². The molecular formula is C24H33N3O5S. The van der Waals surface area contributed by atoms with Gasteiger partial charge in [0.15, 0.2) is 0 Å². The monoisotopic (exact) mass is 475 g/mol. The van der Waals surface area contributed by atoms with Crippen LogP contribution in [0.25, 0.3) is 0 Å². The minimum atomic E-state index is -3.73. The molecule has 0 saturated heterocycles. The third-order valence-corrected chi connectivity index (χ3v) is 6.23. The van der Waals surface area contributed by atoms with Crippen LogP contribution in [0.5, 0.6) is 5.75 Å². The highest BCUT2D eigenvalue weighted by atomic mass is 32.2. The van der Waals surface area contributed by atoms with Crippen LogP contribution in [0, 0.1) is 5.92 Å². The summed E-state index contributed by atoms with van der Waals surface area (Å²) in [7, 11) is -2.16. The summed E-state index contributed by atoms with van der Waals surface area (Å²) in [6.07, 6.45) is 1.06. The molecule has 180 valence electrons. The largest absolute Gasteiger partial charge is 0.497 e. The van der Waals surface area contributed by atoms with Crippen molar-refractivity contribution in [2.24, 2.45) is 5.92 Å². The number of rotatable bonds is 11. The molecule has 8 nitrogen and oxygen atoms in total. The molecular weight excluding hydrogens is 442 g/mol. The quantitative estimate of drug-likeness (QED) is 0.539. The molecule has 0 spiro atoms. The molecule has 2 rings (SSSR count). The lowest BCUT2D eigenvalue weighted by atomic mass is 10.1. The molecule has 0 unspecified atom stereocenters. The minimum absolute atomic E-state index is 0.144. The first-order chi connectivity index (χ1) is 15.5. The van der Waals surface area contributed by atoms with Gasteiger partial charge in [0, 0.05) is 13.1 Å². The summed E-state index contributed by atoms with van der Waals surface area (Å²) in [5, 5.41) is 2.85. The predicted octanol–water partition coefficient (Wildman–Crippen LogP) is 2.65. The smallest absolute Gasteiger partial charge is 0.244 e. The van der Waals surface area contributed by atoms with Gasteiger partial charge in [-0.15, -0.1) is 0 Å². The molecule has 1 atom stereocenters. The Hall–Kier alpha value is -3.07. The Morgan fingerprint density at radius 2 is 1.61 bits per heavy atom. The van der Waals surface area contributed by atoms with E-state index in [2.05, 4.69) is 5.32 Å². The molecule has 0 heterocycles. The lowest BCUT2D eigenvalue weighted by Crippen LogP contribution is -2.51. The van der Waals surface area contributed by atoms with Gasteiger partial charge in [-0.2, -0.15) is 0 Å². The van der Waals surface area contributed by atoms with Gasteiger partial charge < -0.3 is 15.0 Å². The van der Waals surface area contributed by atoms with Crippen LogP contribution in [0.2, 0.25) is 0 Å². The lowest BCUT2D eigenvalue weighted by molar-refractivity contribution is -0.139.